The summed E-state index contributed by atoms with van der Waals surface area (Å²) in [5.41, 5.74) is 0.0853. The standard InChI is InChI=1S/C15H9BrClF4NO2Si/c16-11-2-1-3-12(23-10-5-8(17)4-9(18)6-10)14(11)13(7-22)24-25-15(19,20)21/h1-6,13H,25H2. The van der Waals surface area contributed by atoms with Crippen LogP contribution in [0.3, 0.4) is 0 Å². The Kier molecular flexibility index (Phi) is 6.45. The van der Waals surface area contributed by atoms with Gasteiger partial charge in [-0.2, -0.15) is 18.4 Å². The number of hydrogen-bond acceptors (Lipinski definition) is 3. The van der Waals surface area contributed by atoms with Gasteiger partial charge in [-0.25, -0.2) is 4.39 Å². The zero-order valence-electron chi connectivity index (χ0n) is 12.3. The van der Waals surface area contributed by atoms with Crippen molar-refractivity contribution >= 4 is 37.3 Å². The number of hydrogen-bond donors (Lipinski definition) is 0. The number of rotatable bonds is 5. The van der Waals surface area contributed by atoms with Crippen molar-refractivity contribution in [1.82, 2.24) is 0 Å². The Labute approximate surface area is 156 Å². The molecule has 2 aromatic rings. The van der Waals surface area contributed by atoms with Crippen LogP contribution in [-0.2, 0) is 4.43 Å². The molecule has 2 rings (SSSR count). The minimum Gasteiger partial charge on any atom is -0.457 e. The summed E-state index contributed by atoms with van der Waals surface area (Å²) in [6.07, 6.45) is -1.48. The van der Waals surface area contributed by atoms with E-state index >= 15 is 0 Å². The molecule has 25 heavy (non-hydrogen) atoms. The number of nitriles is 1. The minimum atomic E-state index is -4.45. The second-order valence-corrected chi connectivity index (χ2v) is 7.51. The van der Waals surface area contributed by atoms with Crippen LogP contribution in [0.1, 0.15) is 11.7 Å². The van der Waals surface area contributed by atoms with Gasteiger partial charge < -0.3 is 9.16 Å². The van der Waals surface area contributed by atoms with Crippen molar-refractivity contribution < 1.29 is 26.7 Å². The molecule has 0 bridgehead atoms. The molecule has 0 heterocycles. The fourth-order valence-corrected chi connectivity index (χ4v) is 3.30. The Morgan fingerprint density at radius 1 is 1.24 bits per heavy atom. The average Bonchev–Trinajstić information content (AvgIpc) is 2.48. The molecule has 1 unspecified atom stereocenters. The van der Waals surface area contributed by atoms with Crippen LogP contribution in [-0.4, -0.2) is 15.6 Å². The van der Waals surface area contributed by atoms with Gasteiger partial charge >= 0.3 is 5.80 Å². The van der Waals surface area contributed by atoms with Crippen LogP contribution in [0.15, 0.2) is 40.9 Å². The third kappa shape index (κ3) is 5.71. The van der Waals surface area contributed by atoms with Crippen molar-refractivity contribution in [3.63, 3.8) is 0 Å². The smallest absolute Gasteiger partial charge is 0.382 e. The van der Waals surface area contributed by atoms with E-state index in [2.05, 4.69) is 15.9 Å². The lowest BCUT2D eigenvalue weighted by atomic mass is 10.1. The molecule has 10 heteroatoms. The highest BCUT2D eigenvalue weighted by molar-refractivity contribution is 9.10. The van der Waals surface area contributed by atoms with Crippen LogP contribution in [0, 0.1) is 17.1 Å². The third-order valence-electron chi connectivity index (χ3n) is 2.87. The summed E-state index contributed by atoms with van der Waals surface area (Å²) in [6, 6.07) is 9.67. The Balaban J connectivity index is 2.36. The minimum absolute atomic E-state index is 0.0362. The summed E-state index contributed by atoms with van der Waals surface area (Å²) < 4.78 is 61.4. The Morgan fingerprint density at radius 3 is 2.56 bits per heavy atom. The van der Waals surface area contributed by atoms with Crippen molar-refractivity contribution in [3.05, 3.63) is 57.3 Å². The van der Waals surface area contributed by atoms with Crippen molar-refractivity contribution in [3.8, 4) is 17.6 Å². The van der Waals surface area contributed by atoms with Crippen LogP contribution in [0.2, 0.25) is 5.02 Å². The van der Waals surface area contributed by atoms with E-state index in [1.165, 1.54) is 18.2 Å². The lowest BCUT2D eigenvalue weighted by molar-refractivity contribution is -0.0616. The van der Waals surface area contributed by atoms with Gasteiger partial charge in [0, 0.05) is 15.6 Å². The Morgan fingerprint density at radius 2 is 1.96 bits per heavy atom. The molecule has 1 atom stereocenters. The van der Waals surface area contributed by atoms with Crippen LogP contribution >= 0.6 is 27.5 Å². The lowest BCUT2D eigenvalue weighted by Crippen LogP contribution is -2.23. The van der Waals surface area contributed by atoms with Crippen LogP contribution in [0.25, 0.3) is 0 Å². The number of ether oxygens (including phenoxy) is 1. The first-order valence-corrected chi connectivity index (χ1v) is 9.15. The van der Waals surface area contributed by atoms with Gasteiger partial charge in [-0.15, -0.1) is 0 Å². The van der Waals surface area contributed by atoms with E-state index in [9.17, 15) is 22.8 Å². The molecule has 0 aromatic heterocycles. The molecule has 0 aliphatic heterocycles. The Hall–Kier alpha value is -1.60. The van der Waals surface area contributed by atoms with E-state index < -0.39 is 27.5 Å². The van der Waals surface area contributed by atoms with Gasteiger partial charge in [0.05, 0.1) is 11.6 Å². The van der Waals surface area contributed by atoms with Crippen molar-refractivity contribution in [2.75, 3.05) is 0 Å². The maximum absolute atomic E-state index is 13.4. The van der Waals surface area contributed by atoms with E-state index in [1.807, 2.05) is 0 Å². The van der Waals surface area contributed by atoms with E-state index in [0.29, 0.717) is 4.47 Å². The lowest BCUT2D eigenvalue weighted by Gasteiger charge is -2.18. The first-order chi connectivity index (χ1) is 11.7. The average molecular weight is 455 g/mol. The number of alkyl halides is 3. The Bertz CT molecular complexity index is 793. The molecule has 132 valence electrons. The summed E-state index contributed by atoms with van der Waals surface area (Å²) >= 11 is 8.93. The maximum Gasteiger partial charge on any atom is 0.382 e. The van der Waals surface area contributed by atoms with Crippen molar-refractivity contribution in [2.45, 2.75) is 11.9 Å². The predicted octanol–water partition coefficient (Wildman–Crippen LogP) is 5.22. The van der Waals surface area contributed by atoms with Gasteiger partial charge in [-0.3, -0.25) is 0 Å². The monoisotopic (exact) mass is 453 g/mol. The predicted molar refractivity (Wildman–Crippen MR) is 89.7 cm³/mol. The molecule has 0 radical (unpaired) electrons. The molecule has 0 N–H and O–H groups in total. The highest BCUT2D eigenvalue weighted by atomic mass is 79.9. The molecule has 3 nitrogen and oxygen atoms in total. The number of halogens is 6. The summed E-state index contributed by atoms with van der Waals surface area (Å²) in [5.74, 6) is -5.00. The topological polar surface area (TPSA) is 42.2 Å². The van der Waals surface area contributed by atoms with Gasteiger partial charge in [0.25, 0.3) is 9.76 Å². The van der Waals surface area contributed by atoms with Crippen LogP contribution in [0.4, 0.5) is 17.6 Å². The molecular formula is C15H9BrClF4NO2Si. The van der Waals surface area contributed by atoms with Gasteiger partial charge in [-0.05, 0) is 24.3 Å². The molecule has 0 amide bonds. The quantitative estimate of drug-likeness (QED) is 0.460. The molecule has 0 saturated carbocycles. The zero-order valence-corrected chi connectivity index (χ0v) is 16.0. The van der Waals surface area contributed by atoms with Gasteiger partial charge in [0.1, 0.15) is 17.3 Å². The van der Waals surface area contributed by atoms with E-state index in [0.717, 1.165) is 12.1 Å². The van der Waals surface area contributed by atoms with E-state index in [-0.39, 0.29) is 22.1 Å². The second-order valence-electron chi connectivity index (χ2n) is 4.79. The van der Waals surface area contributed by atoms with E-state index in [4.69, 9.17) is 20.8 Å². The molecule has 0 aliphatic rings. The van der Waals surface area contributed by atoms with Gasteiger partial charge in [-0.1, -0.05) is 33.6 Å². The SMILES string of the molecule is N#CC(O[SiH2]C(F)(F)F)c1c(Br)cccc1Oc1cc(F)cc(Cl)c1. The highest BCUT2D eigenvalue weighted by Crippen LogP contribution is 2.37. The summed E-state index contributed by atoms with van der Waals surface area (Å²) in [7, 11) is -2.95. The number of nitrogens with zero attached hydrogens (tertiary/aromatic N) is 1. The molecule has 2 aromatic carbocycles. The molecule has 0 fully saturated rings. The second kappa shape index (κ2) is 8.18. The van der Waals surface area contributed by atoms with Crippen LogP contribution in [0.5, 0.6) is 11.5 Å². The molecule has 0 aliphatic carbocycles. The summed E-state index contributed by atoms with van der Waals surface area (Å²) in [4.78, 5) is 0. The summed E-state index contributed by atoms with van der Waals surface area (Å²) in [6.45, 7) is 0. The maximum atomic E-state index is 13.4. The summed E-state index contributed by atoms with van der Waals surface area (Å²) in [5, 5.41) is 9.29. The zero-order chi connectivity index (χ0) is 18.6. The first kappa shape index (κ1) is 19.7. The molecule has 0 spiro atoms. The number of benzene rings is 2. The fraction of sp³-hybridized carbons (Fsp3) is 0.133. The van der Waals surface area contributed by atoms with Crippen LogP contribution < -0.4 is 4.74 Å². The van der Waals surface area contributed by atoms with Gasteiger partial charge in [0.2, 0.25) is 0 Å². The van der Waals surface area contributed by atoms with Gasteiger partial charge in [0.15, 0.2) is 6.10 Å². The van der Waals surface area contributed by atoms with Crippen molar-refractivity contribution in [2.24, 2.45) is 0 Å². The molecular weight excluding hydrogens is 446 g/mol. The largest absolute Gasteiger partial charge is 0.457 e. The fourth-order valence-electron chi connectivity index (χ4n) is 1.94. The highest BCUT2D eigenvalue weighted by Gasteiger charge is 2.32. The molecule has 0 saturated heterocycles. The first-order valence-electron chi connectivity index (χ1n) is 6.70. The normalized spacial score (nSPS) is 13.0. The van der Waals surface area contributed by atoms with Crippen molar-refractivity contribution in [1.29, 1.82) is 5.26 Å². The third-order valence-corrected chi connectivity index (χ3v) is 4.61. The van der Waals surface area contributed by atoms with E-state index in [1.54, 1.807) is 12.1 Å².